The van der Waals surface area contributed by atoms with Gasteiger partial charge < -0.3 is 10.1 Å². The molecule has 4 aromatic rings. The van der Waals surface area contributed by atoms with E-state index in [1.807, 2.05) is 62.4 Å². The molecular formula is C24H22N4O3S. The second-order valence-corrected chi connectivity index (χ2v) is 8.32. The zero-order valence-corrected chi connectivity index (χ0v) is 18.5. The third kappa shape index (κ3) is 5.28. The number of carbonyl (C=O) groups is 2. The predicted molar refractivity (Wildman–Crippen MR) is 124 cm³/mol. The summed E-state index contributed by atoms with van der Waals surface area (Å²) in [5.41, 5.74) is 5.39. The van der Waals surface area contributed by atoms with Gasteiger partial charge in [0.25, 0.3) is 0 Å². The lowest BCUT2D eigenvalue weighted by atomic mass is 10.1. The summed E-state index contributed by atoms with van der Waals surface area (Å²) in [6, 6.07) is 17.1. The molecule has 0 aliphatic rings. The molecule has 0 radical (unpaired) electrons. The van der Waals surface area contributed by atoms with Gasteiger partial charge in [-0.2, -0.15) is 5.10 Å². The number of H-pyrrole nitrogens is 1. The van der Waals surface area contributed by atoms with Gasteiger partial charge in [0.2, 0.25) is 5.91 Å². The van der Waals surface area contributed by atoms with Crippen molar-refractivity contribution in [2.75, 3.05) is 5.32 Å². The van der Waals surface area contributed by atoms with Crippen LogP contribution in [0.4, 0.5) is 5.69 Å². The number of benzene rings is 2. The van der Waals surface area contributed by atoms with E-state index in [1.165, 1.54) is 11.3 Å². The molecule has 0 atom stereocenters. The summed E-state index contributed by atoms with van der Waals surface area (Å²) in [6.07, 6.45) is 0.160. The first-order chi connectivity index (χ1) is 15.5. The molecule has 0 saturated carbocycles. The number of anilines is 1. The van der Waals surface area contributed by atoms with Crippen molar-refractivity contribution in [3.8, 4) is 11.3 Å². The van der Waals surface area contributed by atoms with E-state index in [1.54, 1.807) is 11.4 Å². The van der Waals surface area contributed by atoms with Crippen molar-refractivity contribution in [1.82, 2.24) is 15.2 Å². The van der Waals surface area contributed by atoms with Gasteiger partial charge in [-0.15, -0.1) is 11.3 Å². The number of aromatic amines is 1. The quantitative estimate of drug-likeness (QED) is 0.402. The molecule has 0 fully saturated rings. The molecule has 0 unspecified atom stereocenters. The molecule has 2 aromatic heterocycles. The third-order valence-electron chi connectivity index (χ3n) is 4.83. The molecule has 1 amide bonds. The molecule has 0 saturated heterocycles. The van der Waals surface area contributed by atoms with Crippen molar-refractivity contribution in [2.24, 2.45) is 0 Å². The van der Waals surface area contributed by atoms with Gasteiger partial charge in [-0.1, -0.05) is 48.0 Å². The Morgan fingerprint density at radius 3 is 2.66 bits per heavy atom. The number of aromatic nitrogens is 3. The van der Waals surface area contributed by atoms with Gasteiger partial charge in [0.1, 0.15) is 17.3 Å². The molecule has 2 heterocycles. The number of amides is 1. The lowest BCUT2D eigenvalue weighted by Crippen LogP contribution is -2.15. The number of aryl methyl sites for hydroxylation is 2. The number of ether oxygens (including phenoxy) is 1. The number of para-hydroxylation sites is 1. The lowest BCUT2D eigenvalue weighted by molar-refractivity contribution is -0.115. The van der Waals surface area contributed by atoms with Crippen LogP contribution in [0.25, 0.3) is 11.3 Å². The molecule has 2 aromatic carbocycles. The van der Waals surface area contributed by atoms with Crippen LogP contribution in [0.15, 0.2) is 60.0 Å². The van der Waals surface area contributed by atoms with Gasteiger partial charge in [-0.25, -0.2) is 9.78 Å². The van der Waals surface area contributed by atoms with Gasteiger partial charge in [0.15, 0.2) is 0 Å². The van der Waals surface area contributed by atoms with Crippen LogP contribution < -0.4 is 5.32 Å². The predicted octanol–water partition coefficient (Wildman–Crippen LogP) is 4.69. The van der Waals surface area contributed by atoms with Crippen LogP contribution in [0.1, 0.15) is 32.3 Å². The van der Waals surface area contributed by atoms with Gasteiger partial charge in [-0.05, 0) is 31.5 Å². The lowest BCUT2D eigenvalue weighted by Gasteiger charge is -2.06. The molecule has 4 rings (SSSR count). The topological polar surface area (TPSA) is 97.0 Å². The number of hydrogen-bond acceptors (Lipinski definition) is 6. The molecule has 32 heavy (non-hydrogen) atoms. The van der Waals surface area contributed by atoms with E-state index in [9.17, 15) is 9.59 Å². The molecule has 162 valence electrons. The Bertz CT molecular complexity index is 1240. The zero-order chi connectivity index (χ0) is 22.5. The second-order valence-electron chi connectivity index (χ2n) is 7.38. The third-order valence-corrected chi connectivity index (χ3v) is 5.72. The summed E-state index contributed by atoms with van der Waals surface area (Å²) in [4.78, 5) is 29.0. The fraction of sp³-hybridized carbons (Fsp3) is 0.167. The number of esters is 1. The van der Waals surface area contributed by atoms with Crippen LogP contribution in [-0.4, -0.2) is 27.1 Å². The van der Waals surface area contributed by atoms with Crippen LogP contribution in [0, 0.1) is 13.8 Å². The minimum atomic E-state index is -0.511. The second kappa shape index (κ2) is 9.57. The average Bonchev–Trinajstić information content (AvgIpc) is 3.44. The first-order valence-corrected chi connectivity index (χ1v) is 10.9. The number of nitrogens with one attached hydrogen (secondary N) is 2. The fourth-order valence-electron chi connectivity index (χ4n) is 3.06. The van der Waals surface area contributed by atoms with E-state index in [4.69, 9.17) is 4.74 Å². The first kappa shape index (κ1) is 21.5. The molecule has 0 bridgehead atoms. The SMILES string of the molecule is Cc1ccc(-c2cc(C(=O)OCc3csc(CC(=O)Nc4ccccc4C)n3)[nH]n2)cc1. The van der Waals surface area contributed by atoms with Crippen molar-refractivity contribution < 1.29 is 14.3 Å². The molecule has 0 spiro atoms. The smallest absolute Gasteiger partial charge is 0.356 e. The maximum absolute atomic E-state index is 12.4. The maximum atomic E-state index is 12.4. The Balaban J connectivity index is 1.30. The number of hydrogen-bond donors (Lipinski definition) is 2. The molecule has 8 heteroatoms. The maximum Gasteiger partial charge on any atom is 0.356 e. The van der Waals surface area contributed by atoms with Crippen LogP contribution in [-0.2, 0) is 22.6 Å². The van der Waals surface area contributed by atoms with Crippen molar-refractivity contribution in [2.45, 2.75) is 26.9 Å². The van der Waals surface area contributed by atoms with Crippen molar-refractivity contribution in [3.63, 3.8) is 0 Å². The van der Waals surface area contributed by atoms with Crippen LogP contribution >= 0.6 is 11.3 Å². The Morgan fingerprint density at radius 1 is 1.09 bits per heavy atom. The molecule has 2 N–H and O–H groups in total. The van der Waals surface area contributed by atoms with Gasteiger partial charge in [0.05, 0.1) is 17.8 Å². The Kier molecular flexibility index (Phi) is 6.42. The van der Waals surface area contributed by atoms with Crippen molar-refractivity contribution >= 4 is 28.9 Å². The van der Waals surface area contributed by atoms with E-state index in [0.29, 0.717) is 16.4 Å². The normalized spacial score (nSPS) is 10.7. The highest BCUT2D eigenvalue weighted by atomic mass is 32.1. The average molecular weight is 447 g/mol. The Labute approximate surface area is 189 Å². The summed E-state index contributed by atoms with van der Waals surface area (Å²) in [7, 11) is 0. The number of rotatable bonds is 7. The van der Waals surface area contributed by atoms with E-state index < -0.39 is 5.97 Å². The van der Waals surface area contributed by atoms with Gasteiger partial charge in [0, 0.05) is 16.6 Å². The van der Waals surface area contributed by atoms with Crippen molar-refractivity contribution in [1.29, 1.82) is 0 Å². The number of carbonyl (C=O) groups excluding carboxylic acids is 2. The molecule has 7 nitrogen and oxygen atoms in total. The zero-order valence-electron chi connectivity index (χ0n) is 17.7. The van der Waals surface area contributed by atoms with E-state index in [0.717, 1.165) is 22.4 Å². The van der Waals surface area contributed by atoms with Crippen LogP contribution in [0.2, 0.25) is 0 Å². The summed E-state index contributed by atoms with van der Waals surface area (Å²) in [6.45, 7) is 3.97. The minimum Gasteiger partial charge on any atom is -0.454 e. The summed E-state index contributed by atoms with van der Waals surface area (Å²) >= 11 is 1.36. The highest BCUT2D eigenvalue weighted by molar-refractivity contribution is 7.09. The van der Waals surface area contributed by atoms with E-state index in [-0.39, 0.29) is 24.6 Å². The largest absolute Gasteiger partial charge is 0.454 e. The highest BCUT2D eigenvalue weighted by Gasteiger charge is 2.14. The summed E-state index contributed by atoms with van der Waals surface area (Å²) < 4.78 is 5.35. The standard InChI is InChI=1S/C24H22N4O3S/c1-15-7-9-17(10-8-15)20-11-21(28-27-20)24(30)31-13-18-14-32-23(25-18)12-22(29)26-19-6-4-3-5-16(19)2/h3-11,14H,12-13H2,1-2H3,(H,26,29)(H,27,28). The van der Waals surface area contributed by atoms with Gasteiger partial charge >= 0.3 is 5.97 Å². The summed E-state index contributed by atoms with van der Waals surface area (Å²) in [5.74, 6) is -0.652. The monoisotopic (exact) mass is 446 g/mol. The fourth-order valence-corrected chi connectivity index (χ4v) is 3.83. The molecular weight excluding hydrogens is 424 g/mol. The Hall–Kier alpha value is -3.78. The Morgan fingerprint density at radius 2 is 1.88 bits per heavy atom. The van der Waals surface area contributed by atoms with Crippen LogP contribution in [0.3, 0.4) is 0 Å². The van der Waals surface area contributed by atoms with E-state index in [2.05, 4.69) is 20.5 Å². The highest BCUT2D eigenvalue weighted by Crippen LogP contribution is 2.19. The summed E-state index contributed by atoms with van der Waals surface area (Å²) in [5, 5.41) is 12.2. The molecule has 0 aliphatic heterocycles. The van der Waals surface area contributed by atoms with E-state index >= 15 is 0 Å². The van der Waals surface area contributed by atoms with Crippen molar-refractivity contribution in [3.05, 3.63) is 87.5 Å². The minimum absolute atomic E-state index is 0.0215. The van der Waals surface area contributed by atoms with Gasteiger partial charge in [-0.3, -0.25) is 9.89 Å². The van der Waals surface area contributed by atoms with Crippen LogP contribution in [0.5, 0.6) is 0 Å². The molecule has 0 aliphatic carbocycles. The number of thiazole rings is 1. The first-order valence-electron chi connectivity index (χ1n) is 10.1. The number of nitrogens with zero attached hydrogens (tertiary/aromatic N) is 2.